The number of H-pyrrole nitrogens is 1. The van der Waals surface area contributed by atoms with E-state index in [1.807, 2.05) is 89.5 Å². The number of aromatic amines is 1. The fourth-order valence-corrected chi connectivity index (χ4v) is 8.77. The van der Waals surface area contributed by atoms with Crippen molar-refractivity contribution in [3.8, 4) is 62.1 Å². The molecule has 0 saturated carbocycles. The van der Waals surface area contributed by atoms with Crippen LogP contribution in [0.25, 0.3) is 85.4 Å². The van der Waals surface area contributed by atoms with Gasteiger partial charge in [0.2, 0.25) is 0 Å². The summed E-state index contributed by atoms with van der Waals surface area (Å²) >= 11 is 0. The number of esters is 4. The third kappa shape index (κ3) is 12.7. The number of allylic oxidation sites excluding steroid dienone is 8. The molecule has 0 fully saturated rings. The molecule has 0 radical (unpaired) electrons. The van der Waals surface area contributed by atoms with Crippen molar-refractivity contribution in [2.24, 2.45) is 0 Å². The van der Waals surface area contributed by atoms with Crippen LogP contribution < -0.4 is 18.9 Å². The van der Waals surface area contributed by atoms with E-state index in [1.165, 1.54) is 24.3 Å². The van der Waals surface area contributed by atoms with Gasteiger partial charge in [-0.1, -0.05) is 140 Å². The predicted octanol–water partition coefficient (Wildman–Crippen LogP) is 15.3. The number of carbonyl (C=O) groups excluding carboxylic acids is 4. The van der Waals surface area contributed by atoms with E-state index < -0.39 is 23.9 Å². The molecule has 0 saturated heterocycles. The minimum Gasteiger partial charge on any atom is -0.423 e. The summed E-state index contributed by atoms with van der Waals surface area (Å²) in [6.45, 7) is 22.7. The van der Waals surface area contributed by atoms with Crippen LogP contribution in [0.1, 0.15) is 50.5 Å². The number of fused-ring (bicyclic) bond motifs is 8. The first-order chi connectivity index (χ1) is 38.6. The lowest BCUT2D eigenvalue weighted by Crippen LogP contribution is -2.08. The Bertz CT molecular complexity index is 4120. The maximum absolute atomic E-state index is 14.0. The maximum Gasteiger partial charge on any atom is 0.336 e. The molecule has 8 bridgehead atoms. The molecule has 0 amide bonds. The molecule has 0 unspecified atom stereocenters. The number of para-hydroxylation sites is 5. The van der Waals surface area contributed by atoms with Crippen LogP contribution in [0.5, 0.6) is 23.0 Å². The largest absolute Gasteiger partial charge is 0.423 e. The highest BCUT2D eigenvalue weighted by atomic mass is 16.5. The average molecular weight is 1060 g/mol. The molecule has 5 heterocycles. The van der Waals surface area contributed by atoms with Crippen LogP contribution in [-0.4, -0.2) is 43.4 Å². The normalized spacial score (nSPS) is 11.8. The Morgan fingerprint density at radius 1 is 0.425 bits per heavy atom. The second-order valence-corrected chi connectivity index (χ2v) is 18.9. The zero-order valence-electron chi connectivity index (χ0n) is 44.5. The molecular formula is C68H54N4O8. The molecular weight excluding hydrogens is 1000 g/mol. The van der Waals surface area contributed by atoms with Gasteiger partial charge in [-0.05, 0) is 113 Å². The first kappa shape index (κ1) is 54.1. The number of nitrogens with one attached hydrogen (secondary N) is 1. The number of hydrogen-bond donors (Lipinski definition) is 1. The SMILES string of the molecule is C=C(C)C=CC(=O)Oc1ccccc1-c1c(-c2ccccc2OC(=O)C=CC(=C)C)c2c(-c3ccccc3OC(=O)C=CC(=C)C)c3nc(cc4ccc(cc5nc(cc1n2-c1ccccc1OC(=O)C=CC(=C)C)C=C5)[nH]4)C=C3. The minimum absolute atomic E-state index is 0.121. The number of rotatable bonds is 16. The molecule has 9 rings (SSSR count). The van der Waals surface area contributed by atoms with Crippen LogP contribution in [0.2, 0.25) is 0 Å². The number of ether oxygens (including phenoxy) is 4. The summed E-state index contributed by atoms with van der Waals surface area (Å²) in [6, 6.07) is 37.7. The molecule has 7 aromatic rings. The lowest BCUT2D eigenvalue weighted by atomic mass is 9.92. The second kappa shape index (κ2) is 24.1. The van der Waals surface area contributed by atoms with Gasteiger partial charge < -0.3 is 28.5 Å². The summed E-state index contributed by atoms with van der Waals surface area (Å²) in [6.07, 6.45) is 18.9. The summed E-state index contributed by atoms with van der Waals surface area (Å²) in [7, 11) is 0. The fourth-order valence-electron chi connectivity index (χ4n) is 8.77. The molecule has 0 atom stereocenters. The highest BCUT2D eigenvalue weighted by Gasteiger charge is 2.31. The molecule has 12 nitrogen and oxygen atoms in total. The molecule has 3 aromatic heterocycles. The van der Waals surface area contributed by atoms with Crippen LogP contribution >= 0.6 is 0 Å². The van der Waals surface area contributed by atoms with Gasteiger partial charge in [0.15, 0.2) is 5.75 Å². The molecule has 0 aliphatic carbocycles. The van der Waals surface area contributed by atoms with Gasteiger partial charge in [0, 0.05) is 68.7 Å². The van der Waals surface area contributed by atoms with Gasteiger partial charge in [0.05, 0.1) is 39.5 Å². The second-order valence-electron chi connectivity index (χ2n) is 18.9. The third-order valence-electron chi connectivity index (χ3n) is 12.1. The molecule has 4 aromatic carbocycles. The van der Waals surface area contributed by atoms with E-state index >= 15 is 0 Å². The molecule has 2 aliphatic rings. The molecule has 1 N–H and O–H groups in total. The zero-order chi connectivity index (χ0) is 56.5. The topological polar surface area (TPSA) is 152 Å². The van der Waals surface area contributed by atoms with E-state index in [1.54, 1.807) is 119 Å². The summed E-state index contributed by atoms with van der Waals surface area (Å²) in [5.41, 5.74) is 9.63. The summed E-state index contributed by atoms with van der Waals surface area (Å²) in [4.78, 5) is 69.7. The van der Waals surface area contributed by atoms with Gasteiger partial charge in [0.25, 0.3) is 0 Å². The Kier molecular flexibility index (Phi) is 16.3. The van der Waals surface area contributed by atoms with E-state index in [2.05, 4.69) is 31.3 Å². The first-order valence-corrected chi connectivity index (χ1v) is 25.3. The Morgan fingerprint density at radius 3 is 1.27 bits per heavy atom. The van der Waals surface area contributed by atoms with Crippen molar-refractivity contribution in [1.29, 1.82) is 0 Å². The van der Waals surface area contributed by atoms with Crippen LogP contribution in [0, 0.1) is 0 Å². The van der Waals surface area contributed by atoms with Gasteiger partial charge in [-0.25, -0.2) is 29.1 Å². The molecule has 2 aliphatic heterocycles. The van der Waals surface area contributed by atoms with E-state index in [-0.39, 0.29) is 23.0 Å². The van der Waals surface area contributed by atoms with E-state index in [4.69, 9.17) is 28.9 Å². The Morgan fingerprint density at radius 2 is 0.800 bits per heavy atom. The van der Waals surface area contributed by atoms with Gasteiger partial charge in [-0.15, -0.1) is 0 Å². The van der Waals surface area contributed by atoms with E-state index in [0.717, 1.165) is 11.0 Å². The maximum atomic E-state index is 14.0. The predicted molar refractivity (Wildman–Crippen MR) is 318 cm³/mol. The minimum atomic E-state index is -0.696. The monoisotopic (exact) mass is 1050 g/mol. The Labute approximate surface area is 463 Å². The first-order valence-electron chi connectivity index (χ1n) is 25.3. The average Bonchev–Trinajstić information content (AvgIpc) is 4.41. The van der Waals surface area contributed by atoms with Crippen LogP contribution in [0.15, 0.2) is 225 Å². The fraction of sp³-hybridized carbons (Fsp3) is 0.0588. The van der Waals surface area contributed by atoms with Gasteiger partial charge in [0.1, 0.15) is 17.2 Å². The number of nitrogens with zero attached hydrogens (tertiary/aromatic N) is 3. The summed E-state index contributed by atoms with van der Waals surface area (Å²) in [5.74, 6) is -2.21. The Balaban J connectivity index is 1.60. The molecule has 394 valence electrons. The molecule has 12 heteroatoms. The molecule has 80 heavy (non-hydrogen) atoms. The van der Waals surface area contributed by atoms with E-state index in [9.17, 15) is 19.2 Å². The quantitative estimate of drug-likeness (QED) is 0.0428. The highest BCUT2D eigenvalue weighted by molar-refractivity contribution is 6.13. The lowest BCUT2D eigenvalue weighted by Gasteiger charge is -2.18. The van der Waals surface area contributed by atoms with Gasteiger partial charge in [-0.2, -0.15) is 0 Å². The zero-order valence-corrected chi connectivity index (χ0v) is 44.5. The highest BCUT2D eigenvalue weighted by Crippen LogP contribution is 2.52. The van der Waals surface area contributed by atoms with Crippen molar-refractivity contribution in [1.82, 2.24) is 19.5 Å². The van der Waals surface area contributed by atoms with Gasteiger partial charge >= 0.3 is 23.9 Å². The van der Waals surface area contributed by atoms with Crippen molar-refractivity contribution < 1.29 is 38.1 Å². The van der Waals surface area contributed by atoms with Crippen molar-refractivity contribution >= 4 is 70.2 Å². The van der Waals surface area contributed by atoms with Crippen LogP contribution in [-0.2, 0) is 19.2 Å². The summed E-state index contributed by atoms with van der Waals surface area (Å²) < 4.78 is 27.1. The lowest BCUT2D eigenvalue weighted by molar-refractivity contribution is -0.129. The Hall–Kier alpha value is -10.7. The standard InChI is InChI=1S/C68H54N4O8/c1-42(2)25-35-61(73)77-57-21-13-9-17-51(57)65-54-34-33-49(71-54)40-48-30-29-46(69-48)39-47-31-32-50(70-47)41-56-66(52-18-10-14-22-58(52)78-62(74)36-26-43(3)4)67(53-19-11-15-23-59(53)79-63(75)37-27-44(5)6)68(65)72(56)55-20-12-16-24-60(55)80-64(76)38-28-45(7)8/h9-41,69H,1,3,5,7H2,2,4,6,8H3. The number of benzene rings is 4. The van der Waals surface area contributed by atoms with Gasteiger partial charge in [-0.3, -0.25) is 0 Å². The molecule has 0 spiro atoms. The van der Waals surface area contributed by atoms with Crippen LogP contribution in [0.4, 0.5) is 0 Å². The summed E-state index contributed by atoms with van der Waals surface area (Å²) in [5, 5.41) is 0. The third-order valence-corrected chi connectivity index (χ3v) is 12.1. The van der Waals surface area contributed by atoms with Crippen molar-refractivity contribution in [2.45, 2.75) is 27.7 Å². The smallest absolute Gasteiger partial charge is 0.336 e. The van der Waals surface area contributed by atoms with E-state index in [0.29, 0.717) is 95.2 Å². The number of aromatic nitrogens is 4. The van der Waals surface area contributed by atoms with Crippen molar-refractivity contribution in [2.75, 3.05) is 0 Å². The number of hydrogen-bond acceptors (Lipinski definition) is 10. The van der Waals surface area contributed by atoms with Crippen molar-refractivity contribution in [3.63, 3.8) is 0 Å². The van der Waals surface area contributed by atoms with Crippen LogP contribution in [0.3, 0.4) is 0 Å². The number of carbonyl (C=O) groups is 4. The van der Waals surface area contributed by atoms with Crippen molar-refractivity contribution in [3.05, 3.63) is 247 Å².